The van der Waals surface area contributed by atoms with Gasteiger partial charge in [-0.05, 0) is 45.4 Å². The van der Waals surface area contributed by atoms with Crippen molar-refractivity contribution < 1.29 is 14.3 Å². The fourth-order valence-corrected chi connectivity index (χ4v) is 2.70. The number of halogens is 1. The van der Waals surface area contributed by atoms with E-state index in [-0.39, 0.29) is 18.1 Å². The molecule has 1 rings (SSSR count). The zero-order chi connectivity index (χ0) is 19.6. The Bertz CT molecular complexity index is 571. The van der Waals surface area contributed by atoms with Crippen LogP contribution in [0.1, 0.15) is 58.9 Å². The van der Waals surface area contributed by atoms with E-state index in [4.69, 9.17) is 21.1 Å². The highest BCUT2D eigenvalue weighted by molar-refractivity contribution is 6.31. The highest BCUT2D eigenvalue weighted by Gasteiger charge is 2.16. The van der Waals surface area contributed by atoms with Crippen LogP contribution in [0.4, 0.5) is 0 Å². The molecule has 1 amide bonds. The molecule has 0 fully saturated rings. The molecule has 0 aliphatic heterocycles. The Morgan fingerprint density at radius 1 is 1.15 bits per heavy atom. The van der Waals surface area contributed by atoms with Crippen LogP contribution in [0.2, 0.25) is 5.02 Å². The fraction of sp³-hybridized carbons (Fsp3) is 0.650. The van der Waals surface area contributed by atoms with E-state index in [0.717, 1.165) is 18.5 Å². The van der Waals surface area contributed by atoms with Crippen LogP contribution < -0.4 is 20.1 Å². The Hall–Kier alpha value is -1.46. The van der Waals surface area contributed by atoms with Crippen molar-refractivity contribution in [2.75, 3.05) is 20.3 Å². The van der Waals surface area contributed by atoms with Gasteiger partial charge in [0.15, 0.2) is 18.1 Å². The minimum absolute atomic E-state index is 0.0843. The molecule has 0 heterocycles. The minimum atomic E-state index is -0.297. The van der Waals surface area contributed by atoms with Crippen molar-refractivity contribution in [3.8, 4) is 11.5 Å². The summed E-state index contributed by atoms with van der Waals surface area (Å²) in [7, 11) is 1.58. The van der Waals surface area contributed by atoms with Gasteiger partial charge in [0.05, 0.1) is 7.11 Å². The molecule has 0 spiro atoms. The zero-order valence-corrected chi connectivity index (χ0v) is 17.5. The van der Waals surface area contributed by atoms with Crippen molar-refractivity contribution in [3.05, 3.63) is 22.7 Å². The number of rotatable bonds is 11. The number of methoxy groups -OCH3 is 1. The van der Waals surface area contributed by atoms with Crippen LogP contribution in [0, 0.1) is 0 Å². The summed E-state index contributed by atoms with van der Waals surface area (Å²) >= 11 is 6.37. The molecule has 26 heavy (non-hydrogen) atoms. The molecule has 5 nitrogen and oxygen atoms in total. The molecule has 6 heteroatoms. The van der Waals surface area contributed by atoms with Gasteiger partial charge >= 0.3 is 0 Å². The average molecular weight is 385 g/mol. The Morgan fingerprint density at radius 2 is 1.88 bits per heavy atom. The lowest BCUT2D eigenvalue weighted by Crippen LogP contribution is -2.43. The Morgan fingerprint density at radius 3 is 2.50 bits per heavy atom. The predicted molar refractivity (Wildman–Crippen MR) is 107 cm³/mol. The van der Waals surface area contributed by atoms with Crippen molar-refractivity contribution in [2.45, 2.75) is 65.5 Å². The Labute approximate surface area is 162 Å². The molecular formula is C20H33ClN2O3. The van der Waals surface area contributed by atoms with Gasteiger partial charge in [0.2, 0.25) is 0 Å². The quantitative estimate of drug-likeness (QED) is 0.558. The maximum Gasteiger partial charge on any atom is 0.258 e. The van der Waals surface area contributed by atoms with Crippen LogP contribution in [0.25, 0.3) is 0 Å². The van der Waals surface area contributed by atoms with Crippen molar-refractivity contribution in [2.24, 2.45) is 0 Å². The van der Waals surface area contributed by atoms with Crippen LogP contribution in [-0.2, 0) is 11.3 Å². The maximum atomic E-state index is 11.9. The number of hydrogen-bond acceptors (Lipinski definition) is 4. The summed E-state index contributed by atoms with van der Waals surface area (Å²) in [4.78, 5) is 11.9. The van der Waals surface area contributed by atoms with Gasteiger partial charge < -0.3 is 20.1 Å². The molecule has 0 radical (unpaired) electrons. The van der Waals surface area contributed by atoms with Crippen LogP contribution in [0.5, 0.6) is 11.5 Å². The predicted octanol–water partition coefficient (Wildman–Crippen LogP) is 4.31. The average Bonchev–Trinajstić information content (AvgIpc) is 2.55. The molecular weight excluding hydrogens is 352 g/mol. The zero-order valence-electron chi connectivity index (χ0n) is 16.7. The van der Waals surface area contributed by atoms with E-state index in [1.807, 2.05) is 26.8 Å². The highest BCUT2D eigenvalue weighted by Crippen LogP contribution is 2.33. The van der Waals surface area contributed by atoms with Crippen molar-refractivity contribution >= 4 is 17.5 Å². The lowest BCUT2D eigenvalue weighted by Gasteiger charge is -2.21. The second kappa shape index (κ2) is 11.3. The minimum Gasteiger partial charge on any atom is -0.493 e. The molecule has 0 unspecified atom stereocenters. The summed E-state index contributed by atoms with van der Waals surface area (Å²) in [6.07, 6.45) is 4.90. The summed E-state index contributed by atoms with van der Waals surface area (Å²) in [5.74, 6) is 0.850. The smallest absolute Gasteiger partial charge is 0.258 e. The summed E-state index contributed by atoms with van der Waals surface area (Å²) in [6, 6.07) is 3.57. The number of unbranched alkanes of at least 4 members (excludes halogenated alkanes) is 3. The van der Waals surface area contributed by atoms with Gasteiger partial charge in [-0.3, -0.25) is 4.79 Å². The van der Waals surface area contributed by atoms with Crippen molar-refractivity contribution in [1.29, 1.82) is 0 Å². The van der Waals surface area contributed by atoms with Crippen molar-refractivity contribution in [1.82, 2.24) is 10.6 Å². The van der Waals surface area contributed by atoms with Gasteiger partial charge in [-0.2, -0.15) is 0 Å². The summed E-state index contributed by atoms with van der Waals surface area (Å²) in [5, 5.41) is 6.85. The topological polar surface area (TPSA) is 59.6 Å². The monoisotopic (exact) mass is 384 g/mol. The first-order chi connectivity index (χ1) is 12.3. The molecule has 0 atom stereocenters. The van der Waals surface area contributed by atoms with E-state index in [9.17, 15) is 4.79 Å². The lowest BCUT2D eigenvalue weighted by atomic mass is 10.1. The number of carbonyl (C=O) groups excluding carboxylic acids is 1. The molecule has 0 aliphatic carbocycles. The van der Waals surface area contributed by atoms with E-state index in [1.54, 1.807) is 13.2 Å². The van der Waals surface area contributed by atoms with Gasteiger partial charge in [0, 0.05) is 23.2 Å². The van der Waals surface area contributed by atoms with Gasteiger partial charge in [-0.15, -0.1) is 0 Å². The van der Waals surface area contributed by atoms with Crippen molar-refractivity contribution in [3.63, 3.8) is 0 Å². The number of amides is 1. The molecule has 1 aromatic rings. The van der Waals surface area contributed by atoms with Gasteiger partial charge in [-0.1, -0.05) is 37.8 Å². The highest BCUT2D eigenvalue weighted by atomic mass is 35.5. The van der Waals surface area contributed by atoms with Gasteiger partial charge in [0.1, 0.15) is 0 Å². The summed E-state index contributed by atoms with van der Waals surface area (Å²) < 4.78 is 11.0. The first-order valence-electron chi connectivity index (χ1n) is 9.27. The number of nitrogens with one attached hydrogen (secondary N) is 2. The third-order valence-corrected chi connectivity index (χ3v) is 4.08. The van der Waals surface area contributed by atoms with Crippen LogP contribution in [-0.4, -0.2) is 31.7 Å². The normalized spacial score (nSPS) is 11.3. The molecule has 0 aromatic heterocycles. The third kappa shape index (κ3) is 8.77. The van der Waals surface area contributed by atoms with Crippen LogP contribution >= 0.6 is 11.6 Å². The second-order valence-electron chi connectivity index (χ2n) is 7.42. The molecule has 0 bridgehead atoms. The van der Waals surface area contributed by atoms with E-state index in [0.29, 0.717) is 23.1 Å². The third-order valence-electron chi connectivity index (χ3n) is 3.73. The molecule has 0 aliphatic rings. The van der Waals surface area contributed by atoms with E-state index in [2.05, 4.69) is 17.6 Å². The lowest BCUT2D eigenvalue weighted by molar-refractivity contribution is -0.124. The Kier molecular flexibility index (Phi) is 9.81. The fourth-order valence-electron chi connectivity index (χ4n) is 2.48. The number of carbonyl (C=O) groups is 1. The van der Waals surface area contributed by atoms with Crippen LogP contribution in [0.3, 0.4) is 0 Å². The van der Waals surface area contributed by atoms with E-state index < -0.39 is 0 Å². The summed E-state index contributed by atoms with van der Waals surface area (Å²) in [6.45, 7) is 9.52. The maximum absolute atomic E-state index is 11.9. The SMILES string of the molecule is CCCCCCNCc1cc(OC)c(OCC(=O)NC(C)(C)C)cc1Cl. The first-order valence-corrected chi connectivity index (χ1v) is 9.65. The van der Waals surface area contributed by atoms with Gasteiger partial charge in [-0.25, -0.2) is 0 Å². The largest absolute Gasteiger partial charge is 0.493 e. The summed E-state index contributed by atoms with van der Waals surface area (Å²) in [5.41, 5.74) is 0.653. The van der Waals surface area contributed by atoms with Gasteiger partial charge in [0.25, 0.3) is 5.91 Å². The molecule has 2 N–H and O–H groups in total. The molecule has 148 valence electrons. The Balaban J connectivity index is 2.61. The standard InChI is InChI=1S/C20H33ClN2O3/c1-6-7-8-9-10-22-13-15-11-17(25-5)18(12-16(15)21)26-14-19(24)23-20(2,3)4/h11-12,22H,6-10,13-14H2,1-5H3,(H,23,24). The second-order valence-corrected chi connectivity index (χ2v) is 7.83. The number of benzene rings is 1. The first kappa shape index (κ1) is 22.6. The molecule has 0 saturated carbocycles. The number of ether oxygens (including phenoxy) is 2. The molecule has 0 saturated heterocycles. The number of hydrogen-bond donors (Lipinski definition) is 2. The molecule has 1 aromatic carbocycles. The van der Waals surface area contributed by atoms with E-state index >= 15 is 0 Å². The van der Waals surface area contributed by atoms with Crippen LogP contribution in [0.15, 0.2) is 12.1 Å². The van der Waals surface area contributed by atoms with E-state index in [1.165, 1.54) is 19.3 Å².